The van der Waals surface area contributed by atoms with Crippen molar-refractivity contribution < 1.29 is 9.90 Å². The standard InChI is InChI=1S/C16H21NO2/c1-12(13-6-4-3-5-7-13)10-15(19)17-16(2,11-18)14-8-9-14/h3-7,10,14,18H,8-9,11H2,1-2H3,(H,17,19)/b12-10-. The third-order valence-electron chi connectivity index (χ3n) is 3.79. The molecule has 1 saturated carbocycles. The number of benzene rings is 1. The second-order valence-corrected chi connectivity index (χ2v) is 5.53. The molecule has 1 aromatic carbocycles. The van der Waals surface area contributed by atoms with Gasteiger partial charge in [-0.2, -0.15) is 0 Å². The van der Waals surface area contributed by atoms with E-state index in [1.807, 2.05) is 44.2 Å². The van der Waals surface area contributed by atoms with E-state index in [-0.39, 0.29) is 12.5 Å². The van der Waals surface area contributed by atoms with Crippen LogP contribution in [0.3, 0.4) is 0 Å². The lowest BCUT2D eigenvalue weighted by atomic mass is 9.96. The van der Waals surface area contributed by atoms with Crippen LogP contribution in [0.5, 0.6) is 0 Å². The Morgan fingerprint density at radius 2 is 2.05 bits per heavy atom. The number of rotatable bonds is 5. The van der Waals surface area contributed by atoms with Crippen molar-refractivity contribution in [1.29, 1.82) is 0 Å². The van der Waals surface area contributed by atoms with Gasteiger partial charge in [-0.05, 0) is 43.7 Å². The first-order valence-corrected chi connectivity index (χ1v) is 6.72. The lowest BCUT2D eigenvalue weighted by molar-refractivity contribution is -0.119. The summed E-state index contributed by atoms with van der Waals surface area (Å²) in [6.45, 7) is 3.82. The maximum absolute atomic E-state index is 12.0. The summed E-state index contributed by atoms with van der Waals surface area (Å²) in [5, 5.41) is 12.4. The number of hydrogen-bond acceptors (Lipinski definition) is 2. The monoisotopic (exact) mass is 259 g/mol. The van der Waals surface area contributed by atoms with Crippen molar-refractivity contribution in [3.63, 3.8) is 0 Å². The van der Waals surface area contributed by atoms with Crippen molar-refractivity contribution >= 4 is 11.5 Å². The predicted octanol–water partition coefficient (Wildman–Crippen LogP) is 2.37. The van der Waals surface area contributed by atoms with E-state index >= 15 is 0 Å². The second-order valence-electron chi connectivity index (χ2n) is 5.53. The molecule has 0 aliphatic heterocycles. The number of carbonyl (C=O) groups excluding carboxylic acids is 1. The summed E-state index contributed by atoms with van der Waals surface area (Å²) in [7, 11) is 0. The van der Waals surface area contributed by atoms with E-state index in [4.69, 9.17) is 0 Å². The summed E-state index contributed by atoms with van der Waals surface area (Å²) in [5.74, 6) is 0.275. The average Bonchev–Trinajstić information content (AvgIpc) is 3.24. The van der Waals surface area contributed by atoms with Crippen molar-refractivity contribution in [2.24, 2.45) is 5.92 Å². The Labute approximate surface area is 114 Å². The molecule has 2 rings (SSSR count). The van der Waals surface area contributed by atoms with Crippen LogP contribution in [-0.2, 0) is 4.79 Å². The zero-order chi connectivity index (χ0) is 13.9. The Kier molecular flexibility index (Phi) is 4.05. The molecule has 1 unspecified atom stereocenters. The van der Waals surface area contributed by atoms with E-state index < -0.39 is 5.54 Å². The van der Waals surface area contributed by atoms with E-state index in [0.717, 1.165) is 24.0 Å². The molecule has 1 atom stereocenters. The second kappa shape index (κ2) is 5.57. The number of hydrogen-bond donors (Lipinski definition) is 2. The first-order chi connectivity index (χ1) is 9.05. The van der Waals surface area contributed by atoms with Gasteiger partial charge in [-0.15, -0.1) is 0 Å². The molecule has 1 aliphatic rings. The van der Waals surface area contributed by atoms with Gasteiger partial charge in [0.1, 0.15) is 0 Å². The van der Waals surface area contributed by atoms with Crippen LogP contribution in [0, 0.1) is 5.92 Å². The van der Waals surface area contributed by atoms with Crippen molar-refractivity contribution in [3.05, 3.63) is 42.0 Å². The first-order valence-electron chi connectivity index (χ1n) is 6.72. The van der Waals surface area contributed by atoms with Gasteiger partial charge in [-0.3, -0.25) is 4.79 Å². The summed E-state index contributed by atoms with van der Waals surface area (Å²) < 4.78 is 0. The molecule has 0 bridgehead atoms. The lowest BCUT2D eigenvalue weighted by Gasteiger charge is -2.28. The summed E-state index contributed by atoms with van der Waals surface area (Å²) >= 11 is 0. The topological polar surface area (TPSA) is 49.3 Å². The highest BCUT2D eigenvalue weighted by atomic mass is 16.3. The highest BCUT2D eigenvalue weighted by Crippen LogP contribution is 2.39. The van der Waals surface area contributed by atoms with E-state index in [1.165, 1.54) is 0 Å². The molecular formula is C16H21NO2. The molecule has 2 N–H and O–H groups in total. The maximum atomic E-state index is 12.0. The van der Waals surface area contributed by atoms with Gasteiger partial charge in [0.25, 0.3) is 0 Å². The van der Waals surface area contributed by atoms with E-state index in [0.29, 0.717) is 5.92 Å². The molecule has 0 heterocycles. The van der Waals surface area contributed by atoms with E-state index in [1.54, 1.807) is 6.08 Å². The van der Waals surface area contributed by atoms with Gasteiger partial charge in [0.2, 0.25) is 5.91 Å². The molecule has 1 aromatic rings. The number of aliphatic hydroxyl groups is 1. The highest BCUT2D eigenvalue weighted by Gasteiger charge is 2.41. The number of carbonyl (C=O) groups is 1. The van der Waals surface area contributed by atoms with Crippen LogP contribution in [0.25, 0.3) is 5.57 Å². The van der Waals surface area contributed by atoms with Crippen LogP contribution in [0.2, 0.25) is 0 Å². The molecule has 19 heavy (non-hydrogen) atoms. The Balaban J connectivity index is 2.04. The van der Waals surface area contributed by atoms with Gasteiger partial charge in [0, 0.05) is 6.08 Å². The minimum Gasteiger partial charge on any atom is -0.394 e. The molecular weight excluding hydrogens is 238 g/mol. The summed E-state index contributed by atoms with van der Waals surface area (Å²) in [6, 6.07) is 9.81. The number of amides is 1. The largest absolute Gasteiger partial charge is 0.394 e. The molecule has 0 radical (unpaired) electrons. The Bertz CT molecular complexity index is 477. The fourth-order valence-electron chi connectivity index (χ4n) is 2.29. The molecule has 1 amide bonds. The molecule has 1 aliphatic carbocycles. The fourth-order valence-corrected chi connectivity index (χ4v) is 2.29. The number of allylic oxidation sites excluding steroid dienone is 1. The Morgan fingerprint density at radius 3 is 2.58 bits per heavy atom. The van der Waals surface area contributed by atoms with Gasteiger partial charge in [0.05, 0.1) is 12.1 Å². The van der Waals surface area contributed by atoms with Gasteiger partial charge < -0.3 is 10.4 Å². The smallest absolute Gasteiger partial charge is 0.244 e. The van der Waals surface area contributed by atoms with Gasteiger partial charge in [-0.1, -0.05) is 30.3 Å². The number of nitrogens with one attached hydrogen (secondary N) is 1. The Hall–Kier alpha value is -1.61. The van der Waals surface area contributed by atoms with Crippen LogP contribution in [0.15, 0.2) is 36.4 Å². The van der Waals surface area contributed by atoms with Crippen LogP contribution in [0.1, 0.15) is 32.3 Å². The third kappa shape index (κ3) is 3.44. The molecule has 3 heteroatoms. The minimum absolute atomic E-state index is 0.0123. The van der Waals surface area contributed by atoms with Gasteiger partial charge in [-0.25, -0.2) is 0 Å². The summed E-state index contributed by atoms with van der Waals surface area (Å²) in [6.07, 6.45) is 3.77. The predicted molar refractivity (Wildman–Crippen MR) is 76.5 cm³/mol. The van der Waals surface area contributed by atoms with E-state index in [2.05, 4.69) is 5.32 Å². The van der Waals surface area contributed by atoms with E-state index in [9.17, 15) is 9.90 Å². The quantitative estimate of drug-likeness (QED) is 0.798. The summed E-state index contributed by atoms with van der Waals surface area (Å²) in [4.78, 5) is 12.0. The van der Waals surface area contributed by atoms with Crippen LogP contribution >= 0.6 is 0 Å². The van der Waals surface area contributed by atoms with Crippen molar-refractivity contribution in [2.45, 2.75) is 32.2 Å². The van der Waals surface area contributed by atoms with Gasteiger partial charge in [0.15, 0.2) is 0 Å². The average molecular weight is 259 g/mol. The van der Waals surface area contributed by atoms with Gasteiger partial charge >= 0.3 is 0 Å². The van der Waals surface area contributed by atoms with Crippen LogP contribution in [-0.4, -0.2) is 23.2 Å². The zero-order valence-corrected chi connectivity index (χ0v) is 11.5. The van der Waals surface area contributed by atoms with Crippen LogP contribution in [0.4, 0.5) is 0 Å². The normalized spacial score (nSPS) is 18.8. The fraction of sp³-hybridized carbons (Fsp3) is 0.438. The SMILES string of the molecule is C/C(=C/C(=O)NC(C)(CO)C1CC1)c1ccccc1. The number of aliphatic hydroxyl groups excluding tert-OH is 1. The highest BCUT2D eigenvalue weighted by molar-refractivity contribution is 5.95. The molecule has 102 valence electrons. The lowest BCUT2D eigenvalue weighted by Crippen LogP contribution is -2.50. The van der Waals surface area contributed by atoms with Crippen molar-refractivity contribution in [2.75, 3.05) is 6.61 Å². The maximum Gasteiger partial charge on any atom is 0.244 e. The zero-order valence-electron chi connectivity index (χ0n) is 11.5. The molecule has 3 nitrogen and oxygen atoms in total. The molecule has 0 aromatic heterocycles. The first kappa shape index (κ1) is 13.8. The third-order valence-corrected chi connectivity index (χ3v) is 3.79. The minimum atomic E-state index is -0.482. The molecule has 1 fully saturated rings. The molecule has 0 spiro atoms. The van der Waals surface area contributed by atoms with Crippen LogP contribution < -0.4 is 5.32 Å². The summed E-state index contributed by atoms with van der Waals surface area (Å²) in [5.41, 5.74) is 1.48. The Morgan fingerprint density at radius 1 is 1.42 bits per heavy atom. The molecule has 0 saturated heterocycles. The van der Waals surface area contributed by atoms with Crippen molar-refractivity contribution in [3.8, 4) is 0 Å². The van der Waals surface area contributed by atoms with Crippen molar-refractivity contribution in [1.82, 2.24) is 5.32 Å².